The van der Waals surface area contributed by atoms with Gasteiger partial charge in [-0.15, -0.1) is 0 Å². The zero-order chi connectivity index (χ0) is 14.1. The van der Waals surface area contributed by atoms with E-state index in [1.54, 1.807) is 0 Å². The van der Waals surface area contributed by atoms with Crippen LogP contribution in [0.5, 0.6) is 0 Å². The van der Waals surface area contributed by atoms with Crippen molar-refractivity contribution in [2.45, 2.75) is 45.6 Å². The Balaban J connectivity index is 2.26. The zero-order valence-electron chi connectivity index (χ0n) is 11.4. The van der Waals surface area contributed by atoms with Crippen LogP contribution in [0.2, 0.25) is 0 Å². The Bertz CT molecular complexity index is 372. The minimum atomic E-state index is -1.64. The Hall–Kier alpha value is -0.905. The first kappa shape index (κ1) is 16.2. The number of rotatable bonds is 9. The molecule has 19 heavy (non-hydrogen) atoms. The lowest BCUT2D eigenvalue weighted by molar-refractivity contribution is 0.114. The monoisotopic (exact) mass is 268 g/mol. The predicted molar refractivity (Wildman–Crippen MR) is 74.6 cm³/mol. The van der Waals surface area contributed by atoms with Gasteiger partial charge in [-0.1, -0.05) is 44.7 Å². The van der Waals surface area contributed by atoms with E-state index >= 15 is 0 Å². The molecule has 0 fully saturated rings. The van der Waals surface area contributed by atoms with Gasteiger partial charge in [0.25, 0.3) is 0 Å². The second-order valence-corrected chi connectivity index (χ2v) is 4.69. The quantitative estimate of drug-likeness (QED) is 0.532. The van der Waals surface area contributed by atoms with Crippen molar-refractivity contribution in [1.29, 1.82) is 0 Å². The lowest BCUT2D eigenvalue weighted by Gasteiger charge is -2.07. The van der Waals surface area contributed by atoms with Crippen LogP contribution in [0.3, 0.4) is 0 Å². The van der Waals surface area contributed by atoms with Gasteiger partial charge in [-0.2, -0.15) is 0 Å². The summed E-state index contributed by atoms with van der Waals surface area (Å²) in [5.41, 5.74) is 0.596. The average molecular weight is 268 g/mol. The molecule has 0 radical (unpaired) electrons. The maximum atomic E-state index is 13.6. The van der Waals surface area contributed by atoms with Gasteiger partial charge in [0.05, 0.1) is 6.61 Å². The molecule has 0 spiro atoms. The number of halogens is 1. The molecule has 0 aromatic heterocycles. The Morgan fingerprint density at radius 3 is 2.53 bits per heavy atom. The molecule has 0 aliphatic rings. The summed E-state index contributed by atoms with van der Waals surface area (Å²) in [7, 11) is -1.64. The molecule has 1 aromatic rings. The van der Waals surface area contributed by atoms with Gasteiger partial charge in [0.15, 0.2) is 0 Å². The molecule has 0 atom stereocenters. The van der Waals surface area contributed by atoms with Crippen molar-refractivity contribution in [3.63, 3.8) is 0 Å². The molecule has 0 aliphatic carbocycles. The van der Waals surface area contributed by atoms with Crippen LogP contribution in [0.4, 0.5) is 4.39 Å². The second-order valence-electron chi connectivity index (χ2n) is 4.69. The van der Waals surface area contributed by atoms with Crippen molar-refractivity contribution < 1.29 is 19.2 Å². The van der Waals surface area contributed by atoms with E-state index in [1.807, 2.05) is 0 Å². The van der Waals surface area contributed by atoms with Crippen LogP contribution in [0.15, 0.2) is 18.2 Å². The molecular formula is C14H22BFO3. The number of unbranched alkanes of at least 4 members (excludes halogenated alkanes) is 4. The lowest BCUT2D eigenvalue weighted by Crippen LogP contribution is -2.30. The maximum absolute atomic E-state index is 13.6. The molecule has 0 saturated carbocycles. The topological polar surface area (TPSA) is 49.7 Å². The first-order valence-corrected chi connectivity index (χ1v) is 6.87. The normalized spacial score (nSPS) is 10.7. The summed E-state index contributed by atoms with van der Waals surface area (Å²) < 4.78 is 19.0. The van der Waals surface area contributed by atoms with Crippen molar-refractivity contribution in [2.75, 3.05) is 6.61 Å². The molecule has 0 saturated heterocycles. The molecule has 0 heterocycles. The summed E-state index contributed by atoms with van der Waals surface area (Å²) in [6.45, 7) is 3.03. The SMILES string of the molecule is CCCCCCCOCc1ccc(B(O)O)cc1F. The standard InChI is InChI=1S/C14H22BFO3/c1-2-3-4-5-6-9-19-11-12-7-8-13(15(17)18)10-14(12)16/h7-8,10,17-18H,2-6,9,11H2,1H3. The van der Waals surface area contributed by atoms with E-state index in [1.165, 1.54) is 31.4 Å². The first-order valence-electron chi connectivity index (χ1n) is 6.87. The molecule has 0 unspecified atom stereocenters. The maximum Gasteiger partial charge on any atom is 0.488 e. The zero-order valence-corrected chi connectivity index (χ0v) is 11.4. The summed E-state index contributed by atoms with van der Waals surface area (Å²) in [5, 5.41) is 17.8. The Morgan fingerprint density at radius 2 is 1.89 bits per heavy atom. The van der Waals surface area contributed by atoms with Crippen LogP contribution in [-0.4, -0.2) is 23.8 Å². The van der Waals surface area contributed by atoms with Gasteiger partial charge in [-0.05, 0) is 17.9 Å². The van der Waals surface area contributed by atoms with Crippen LogP contribution in [0.25, 0.3) is 0 Å². The summed E-state index contributed by atoms with van der Waals surface area (Å²) in [6, 6.07) is 4.15. The third kappa shape index (κ3) is 6.19. The van der Waals surface area contributed by atoms with E-state index in [4.69, 9.17) is 14.8 Å². The molecule has 0 amide bonds. The van der Waals surface area contributed by atoms with Crippen LogP contribution in [0.1, 0.15) is 44.6 Å². The number of benzene rings is 1. The molecule has 0 bridgehead atoms. The van der Waals surface area contributed by atoms with Gasteiger partial charge in [0.1, 0.15) is 5.82 Å². The average Bonchev–Trinajstić information content (AvgIpc) is 2.39. The highest BCUT2D eigenvalue weighted by atomic mass is 19.1. The van der Waals surface area contributed by atoms with Gasteiger partial charge in [-0.3, -0.25) is 0 Å². The minimum Gasteiger partial charge on any atom is -0.423 e. The number of ether oxygens (including phenoxy) is 1. The third-order valence-electron chi connectivity index (χ3n) is 3.03. The van der Waals surface area contributed by atoms with Crippen molar-refractivity contribution in [3.05, 3.63) is 29.6 Å². The minimum absolute atomic E-state index is 0.154. The van der Waals surface area contributed by atoms with Crippen molar-refractivity contribution in [2.24, 2.45) is 0 Å². The highest BCUT2D eigenvalue weighted by molar-refractivity contribution is 6.58. The van der Waals surface area contributed by atoms with Crippen molar-refractivity contribution in [3.8, 4) is 0 Å². The summed E-state index contributed by atoms with van der Waals surface area (Å²) >= 11 is 0. The van der Waals surface area contributed by atoms with Gasteiger partial charge in [0, 0.05) is 12.2 Å². The van der Waals surface area contributed by atoms with Crippen LogP contribution in [0, 0.1) is 5.82 Å². The molecule has 1 aromatic carbocycles. The van der Waals surface area contributed by atoms with Crippen molar-refractivity contribution >= 4 is 12.6 Å². The van der Waals surface area contributed by atoms with E-state index in [2.05, 4.69) is 6.92 Å². The lowest BCUT2D eigenvalue weighted by atomic mass is 9.80. The molecule has 0 aliphatic heterocycles. The summed E-state index contributed by atoms with van der Waals surface area (Å²) in [5.74, 6) is -0.461. The highest BCUT2D eigenvalue weighted by Gasteiger charge is 2.13. The van der Waals surface area contributed by atoms with Gasteiger partial charge >= 0.3 is 7.12 Å². The third-order valence-corrected chi connectivity index (χ3v) is 3.03. The van der Waals surface area contributed by atoms with E-state index in [0.717, 1.165) is 18.9 Å². The molecule has 5 heteroatoms. The largest absolute Gasteiger partial charge is 0.488 e. The smallest absolute Gasteiger partial charge is 0.423 e. The Morgan fingerprint density at radius 1 is 1.16 bits per heavy atom. The highest BCUT2D eigenvalue weighted by Crippen LogP contribution is 2.08. The molecule has 106 valence electrons. The fourth-order valence-electron chi connectivity index (χ4n) is 1.83. The molecule has 1 rings (SSSR count). The Labute approximate surface area is 114 Å². The van der Waals surface area contributed by atoms with E-state index in [0.29, 0.717) is 12.2 Å². The fourth-order valence-corrected chi connectivity index (χ4v) is 1.83. The molecule has 2 N–H and O–H groups in total. The van der Waals surface area contributed by atoms with E-state index in [9.17, 15) is 4.39 Å². The van der Waals surface area contributed by atoms with Gasteiger partial charge in [0.2, 0.25) is 0 Å². The number of hydrogen-bond acceptors (Lipinski definition) is 3. The first-order chi connectivity index (χ1) is 9.15. The van der Waals surface area contributed by atoms with Crippen LogP contribution >= 0.6 is 0 Å². The summed E-state index contributed by atoms with van der Waals surface area (Å²) in [6.07, 6.45) is 5.83. The second kappa shape index (κ2) is 9.07. The predicted octanol–water partition coefficient (Wildman–Crippen LogP) is 1.99. The van der Waals surface area contributed by atoms with Gasteiger partial charge in [-0.25, -0.2) is 4.39 Å². The van der Waals surface area contributed by atoms with Gasteiger partial charge < -0.3 is 14.8 Å². The molecular weight excluding hydrogens is 246 g/mol. The van der Waals surface area contributed by atoms with E-state index < -0.39 is 12.9 Å². The summed E-state index contributed by atoms with van der Waals surface area (Å²) in [4.78, 5) is 0. The fraction of sp³-hybridized carbons (Fsp3) is 0.571. The van der Waals surface area contributed by atoms with E-state index in [-0.39, 0.29) is 12.1 Å². The number of hydrogen-bond donors (Lipinski definition) is 2. The van der Waals surface area contributed by atoms with Crippen LogP contribution < -0.4 is 5.46 Å². The van der Waals surface area contributed by atoms with Crippen molar-refractivity contribution in [1.82, 2.24) is 0 Å². The Kier molecular flexibility index (Phi) is 7.71. The molecule has 3 nitrogen and oxygen atoms in total. The van der Waals surface area contributed by atoms with Crippen LogP contribution in [-0.2, 0) is 11.3 Å².